The summed E-state index contributed by atoms with van der Waals surface area (Å²) in [7, 11) is 1.78. The smallest absolute Gasteiger partial charge is 0.222 e. The highest BCUT2D eigenvalue weighted by molar-refractivity contribution is 5.83. The van der Waals surface area contributed by atoms with E-state index in [0.717, 1.165) is 12.3 Å². The minimum Gasteiger partial charge on any atom is -0.409 e. The average Bonchev–Trinajstić information content (AvgIpc) is 2.44. The SMILES string of the molecule is CC(CN(C)C(=O)CCC1CCCCC1)C(N)=NO. The molecule has 0 aromatic carbocycles. The molecule has 110 valence electrons. The first-order valence-electron chi connectivity index (χ1n) is 7.26. The van der Waals surface area contributed by atoms with Crippen molar-refractivity contribution >= 4 is 11.7 Å². The van der Waals surface area contributed by atoms with Crippen LogP contribution in [0.5, 0.6) is 0 Å². The topological polar surface area (TPSA) is 78.9 Å². The van der Waals surface area contributed by atoms with Gasteiger partial charge in [0.25, 0.3) is 0 Å². The molecule has 0 aromatic rings. The summed E-state index contributed by atoms with van der Waals surface area (Å²) >= 11 is 0. The second kappa shape index (κ2) is 8.02. The lowest BCUT2D eigenvalue weighted by atomic mass is 9.86. The number of carbonyl (C=O) groups is 1. The standard InChI is InChI=1S/C14H27N3O2/c1-11(14(15)16-19)10-17(2)13(18)9-8-12-6-4-3-5-7-12/h11-12,19H,3-10H2,1-2H3,(H2,15,16). The second-order valence-electron chi connectivity index (χ2n) is 5.74. The van der Waals surface area contributed by atoms with Gasteiger partial charge in [-0.1, -0.05) is 44.2 Å². The van der Waals surface area contributed by atoms with Gasteiger partial charge in [0, 0.05) is 25.9 Å². The minimum absolute atomic E-state index is 0.117. The Balaban J connectivity index is 2.27. The summed E-state index contributed by atoms with van der Waals surface area (Å²) in [6.45, 7) is 2.35. The summed E-state index contributed by atoms with van der Waals surface area (Å²) in [5.41, 5.74) is 5.52. The minimum atomic E-state index is -0.117. The van der Waals surface area contributed by atoms with E-state index in [-0.39, 0.29) is 17.7 Å². The fourth-order valence-corrected chi connectivity index (χ4v) is 2.70. The first-order valence-corrected chi connectivity index (χ1v) is 7.26. The van der Waals surface area contributed by atoms with Gasteiger partial charge in [0.05, 0.1) is 0 Å². The van der Waals surface area contributed by atoms with Crippen LogP contribution in [0.25, 0.3) is 0 Å². The van der Waals surface area contributed by atoms with Crippen LogP contribution in [0.15, 0.2) is 5.16 Å². The molecule has 1 amide bonds. The van der Waals surface area contributed by atoms with Gasteiger partial charge in [-0.2, -0.15) is 0 Å². The van der Waals surface area contributed by atoms with Crippen molar-refractivity contribution in [3.05, 3.63) is 0 Å². The summed E-state index contributed by atoms with van der Waals surface area (Å²) in [4.78, 5) is 13.7. The molecule has 0 saturated heterocycles. The Morgan fingerprint density at radius 3 is 2.63 bits per heavy atom. The molecule has 1 saturated carbocycles. The fourth-order valence-electron chi connectivity index (χ4n) is 2.70. The normalized spacial score (nSPS) is 19.2. The maximum absolute atomic E-state index is 12.0. The lowest BCUT2D eigenvalue weighted by Gasteiger charge is -2.24. The number of nitrogens with zero attached hydrogens (tertiary/aromatic N) is 2. The van der Waals surface area contributed by atoms with Crippen molar-refractivity contribution in [3.8, 4) is 0 Å². The maximum atomic E-state index is 12.0. The monoisotopic (exact) mass is 269 g/mol. The van der Waals surface area contributed by atoms with E-state index in [1.165, 1.54) is 32.1 Å². The van der Waals surface area contributed by atoms with Crippen molar-refractivity contribution in [3.63, 3.8) is 0 Å². The molecule has 1 fully saturated rings. The molecular formula is C14H27N3O2. The van der Waals surface area contributed by atoms with Gasteiger partial charge >= 0.3 is 0 Å². The number of nitrogens with two attached hydrogens (primary N) is 1. The third kappa shape index (κ3) is 5.49. The summed E-state index contributed by atoms with van der Waals surface area (Å²) in [5, 5.41) is 11.6. The summed E-state index contributed by atoms with van der Waals surface area (Å²) in [6.07, 6.45) is 8.15. The van der Waals surface area contributed by atoms with E-state index in [2.05, 4.69) is 5.16 Å². The Labute approximate surface area is 115 Å². The van der Waals surface area contributed by atoms with E-state index in [0.29, 0.717) is 13.0 Å². The molecule has 3 N–H and O–H groups in total. The molecule has 1 unspecified atom stereocenters. The number of amidine groups is 1. The van der Waals surface area contributed by atoms with Crippen molar-refractivity contribution in [1.29, 1.82) is 0 Å². The molecule has 0 aliphatic heterocycles. The Morgan fingerprint density at radius 1 is 1.42 bits per heavy atom. The molecule has 1 rings (SSSR count). The molecular weight excluding hydrogens is 242 g/mol. The molecule has 5 heteroatoms. The van der Waals surface area contributed by atoms with E-state index in [1.54, 1.807) is 11.9 Å². The lowest BCUT2D eigenvalue weighted by molar-refractivity contribution is -0.130. The highest BCUT2D eigenvalue weighted by Crippen LogP contribution is 2.27. The third-order valence-corrected chi connectivity index (χ3v) is 4.09. The molecule has 1 atom stereocenters. The summed E-state index contributed by atoms with van der Waals surface area (Å²) in [5.74, 6) is 0.941. The number of oxime groups is 1. The Hall–Kier alpha value is -1.26. The molecule has 0 radical (unpaired) electrons. The number of hydrogen-bond donors (Lipinski definition) is 2. The average molecular weight is 269 g/mol. The Kier molecular flexibility index (Phi) is 6.67. The molecule has 0 aromatic heterocycles. The lowest BCUT2D eigenvalue weighted by Crippen LogP contribution is -2.36. The van der Waals surface area contributed by atoms with Gasteiger partial charge in [0.15, 0.2) is 0 Å². The van der Waals surface area contributed by atoms with Crippen molar-refractivity contribution < 1.29 is 10.0 Å². The third-order valence-electron chi connectivity index (χ3n) is 4.09. The van der Waals surface area contributed by atoms with Gasteiger partial charge in [0.2, 0.25) is 5.91 Å². The Morgan fingerprint density at radius 2 is 2.05 bits per heavy atom. The first kappa shape index (κ1) is 15.8. The second-order valence-corrected chi connectivity index (χ2v) is 5.74. The van der Waals surface area contributed by atoms with Crippen LogP contribution in [0.3, 0.4) is 0 Å². The van der Waals surface area contributed by atoms with Crippen LogP contribution >= 0.6 is 0 Å². The number of carbonyl (C=O) groups excluding carboxylic acids is 1. The van der Waals surface area contributed by atoms with Crippen LogP contribution in [0, 0.1) is 11.8 Å². The molecule has 0 heterocycles. The zero-order valence-electron chi connectivity index (χ0n) is 12.1. The largest absolute Gasteiger partial charge is 0.409 e. The molecule has 1 aliphatic rings. The predicted molar refractivity (Wildman–Crippen MR) is 76.0 cm³/mol. The van der Waals surface area contributed by atoms with Crippen LogP contribution in [0.1, 0.15) is 51.9 Å². The number of hydrogen-bond acceptors (Lipinski definition) is 3. The highest BCUT2D eigenvalue weighted by atomic mass is 16.4. The van der Waals surface area contributed by atoms with Gasteiger partial charge in [0.1, 0.15) is 5.84 Å². The van der Waals surface area contributed by atoms with Gasteiger partial charge < -0.3 is 15.8 Å². The molecule has 5 nitrogen and oxygen atoms in total. The maximum Gasteiger partial charge on any atom is 0.222 e. The van der Waals surface area contributed by atoms with E-state index < -0.39 is 0 Å². The van der Waals surface area contributed by atoms with E-state index in [9.17, 15) is 4.79 Å². The number of amides is 1. The zero-order valence-corrected chi connectivity index (χ0v) is 12.1. The van der Waals surface area contributed by atoms with Crippen LogP contribution in [-0.4, -0.2) is 35.4 Å². The predicted octanol–water partition coefficient (Wildman–Crippen LogP) is 2.19. The summed E-state index contributed by atoms with van der Waals surface area (Å²) in [6, 6.07) is 0. The van der Waals surface area contributed by atoms with Crippen molar-refractivity contribution in [2.24, 2.45) is 22.7 Å². The molecule has 1 aliphatic carbocycles. The molecule has 19 heavy (non-hydrogen) atoms. The van der Waals surface area contributed by atoms with Gasteiger partial charge in [-0.15, -0.1) is 0 Å². The quantitative estimate of drug-likeness (QED) is 0.336. The Bertz CT molecular complexity index is 312. The molecule has 0 bridgehead atoms. The van der Waals surface area contributed by atoms with Crippen molar-refractivity contribution in [1.82, 2.24) is 4.90 Å². The highest BCUT2D eigenvalue weighted by Gasteiger charge is 2.18. The fraction of sp³-hybridized carbons (Fsp3) is 0.857. The molecule has 0 spiro atoms. The van der Waals surface area contributed by atoms with Crippen molar-refractivity contribution in [2.75, 3.05) is 13.6 Å². The zero-order chi connectivity index (χ0) is 14.3. The van der Waals surface area contributed by atoms with Gasteiger partial charge in [-0.05, 0) is 12.3 Å². The van der Waals surface area contributed by atoms with Crippen molar-refractivity contribution in [2.45, 2.75) is 51.9 Å². The first-order chi connectivity index (χ1) is 9.04. The van der Waals surface area contributed by atoms with Gasteiger partial charge in [-0.3, -0.25) is 4.79 Å². The van der Waals surface area contributed by atoms with E-state index in [4.69, 9.17) is 10.9 Å². The summed E-state index contributed by atoms with van der Waals surface area (Å²) < 4.78 is 0. The van der Waals surface area contributed by atoms with E-state index in [1.807, 2.05) is 6.92 Å². The van der Waals surface area contributed by atoms with Crippen LogP contribution in [-0.2, 0) is 4.79 Å². The van der Waals surface area contributed by atoms with Gasteiger partial charge in [-0.25, -0.2) is 0 Å². The van der Waals surface area contributed by atoms with Crippen LogP contribution < -0.4 is 5.73 Å². The van der Waals surface area contributed by atoms with E-state index >= 15 is 0 Å². The van der Waals surface area contributed by atoms with Crippen LogP contribution in [0.4, 0.5) is 0 Å². The van der Waals surface area contributed by atoms with Crippen LogP contribution in [0.2, 0.25) is 0 Å². The number of rotatable bonds is 6.